The molecule has 27 heavy (non-hydrogen) atoms. The van der Waals surface area contributed by atoms with Crippen molar-refractivity contribution in [3.8, 4) is 0 Å². The number of carbonyl (C=O) groups is 3. The number of fused-ring (bicyclic) bond motifs is 3. The second kappa shape index (κ2) is 6.87. The van der Waals surface area contributed by atoms with Crippen LogP contribution in [0, 0.1) is 5.92 Å². The van der Waals surface area contributed by atoms with Gasteiger partial charge in [0.2, 0.25) is 11.8 Å². The van der Waals surface area contributed by atoms with Crippen LogP contribution < -0.4 is 15.5 Å². The largest absolute Gasteiger partial charge is 0.369 e. The van der Waals surface area contributed by atoms with Crippen LogP contribution in [0.1, 0.15) is 42.5 Å². The minimum absolute atomic E-state index is 0.0534. The van der Waals surface area contributed by atoms with Gasteiger partial charge in [0.25, 0.3) is 5.91 Å². The van der Waals surface area contributed by atoms with E-state index in [9.17, 15) is 14.4 Å². The summed E-state index contributed by atoms with van der Waals surface area (Å²) in [4.78, 5) is 42.7. The molecule has 0 radical (unpaired) electrons. The number of rotatable bonds is 2. The quantitative estimate of drug-likeness (QED) is 0.852. The highest BCUT2D eigenvalue weighted by Gasteiger charge is 2.38. The standard InChI is InChI=1S/C20H26N4O3/c1-22-17-12-14(19(26)23-10-7-13(8-11-23)18(21)25)5-6-15(17)24-9-3-2-4-16(24)20(22)27/h5-6,12-13,16H,2-4,7-11H2,1H3,(H2,21,25). The van der Waals surface area contributed by atoms with E-state index in [0.29, 0.717) is 31.5 Å². The molecule has 7 heteroatoms. The summed E-state index contributed by atoms with van der Waals surface area (Å²) in [5.74, 6) is -0.374. The van der Waals surface area contributed by atoms with E-state index in [2.05, 4.69) is 4.90 Å². The van der Waals surface area contributed by atoms with Crippen molar-refractivity contribution in [2.45, 2.75) is 38.1 Å². The summed E-state index contributed by atoms with van der Waals surface area (Å²) < 4.78 is 0. The average Bonchev–Trinajstić information content (AvgIpc) is 2.71. The number of anilines is 2. The van der Waals surface area contributed by atoms with Crippen molar-refractivity contribution in [3.05, 3.63) is 23.8 Å². The molecule has 2 fully saturated rings. The van der Waals surface area contributed by atoms with Crippen molar-refractivity contribution in [2.75, 3.05) is 36.5 Å². The summed E-state index contributed by atoms with van der Waals surface area (Å²) in [7, 11) is 1.79. The lowest BCUT2D eigenvalue weighted by atomic mass is 9.94. The predicted octanol–water partition coefficient (Wildman–Crippen LogP) is 1.36. The Labute approximate surface area is 159 Å². The Morgan fingerprint density at radius 1 is 1.04 bits per heavy atom. The number of piperidine rings is 2. The number of hydrogen-bond donors (Lipinski definition) is 1. The van der Waals surface area contributed by atoms with Gasteiger partial charge in [-0.3, -0.25) is 14.4 Å². The van der Waals surface area contributed by atoms with Gasteiger partial charge in [-0.1, -0.05) is 0 Å². The Morgan fingerprint density at radius 3 is 2.48 bits per heavy atom. The first-order valence-electron chi connectivity index (χ1n) is 9.74. The summed E-state index contributed by atoms with van der Waals surface area (Å²) >= 11 is 0. The fourth-order valence-electron chi connectivity index (χ4n) is 4.54. The van der Waals surface area contributed by atoms with E-state index in [0.717, 1.165) is 37.2 Å². The van der Waals surface area contributed by atoms with Crippen LogP contribution in [0.2, 0.25) is 0 Å². The summed E-state index contributed by atoms with van der Waals surface area (Å²) in [5, 5.41) is 0. The van der Waals surface area contributed by atoms with Gasteiger partial charge in [0.05, 0.1) is 11.4 Å². The molecule has 2 N–H and O–H groups in total. The molecule has 7 nitrogen and oxygen atoms in total. The maximum absolute atomic E-state index is 12.9. The number of primary amides is 1. The van der Waals surface area contributed by atoms with Crippen LogP contribution in [0.4, 0.5) is 11.4 Å². The molecule has 0 bridgehead atoms. The molecule has 0 saturated carbocycles. The number of carbonyl (C=O) groups excluding carboxylic acids is 3. The van der Waals surface area contributed by atoms with Crippen LogP contribution >= 0.6 is 0 Å². The van der Waals surface area contributed by atoms with Crippen molar-refractivity contribution in [1.82, 2.24) is 4.90 Å². The van der Waals surface area contributed by atoms with E-state index in [4.69, 9.17) is 5.73 Å². The van der Waals surface area contributed by atoms with Crippen LogP contribution in [-0.4, -0.2) is 55.3 Å². The molecule has 4 rings (SSSR count). The number of nitrogens with two attached hydrogens (primary N) is 1. The van der Waals surface area contributed by atoms with Crippen molar-refractivity contribution in [1.29, 1.82) is 0 Å². The van der Waals surface area contributed by atoms with Gasteiger partial charge in [0.15, 0.2) is 0 Å². The number of benzene rings is 1. The molecule has 3 heterocycles. The second-order valence-corrected chi connectivity index (χ2v) is 7.77. The highest BCUT2D eigenvalue weighted by atomic mass is 16.2. The van der Waals surface area contributed by atoms with Gasteiger partial charge in [-0.15, -0.1) is 0 Å². The molecule has 3 aliphatic rings. The molecular weight excluding hydrogens is 344 g/mol. The second-order valence-electron chi connectivity index (χ2n) is 7.77. The maximum Gasteiger partial charge on any atom is 0.253 e. The van der Waals surface area contributed by atoms with Gasteiger partial charge in [-0.25, -0.2) is 0 Å². The molecular formula is C20H26N4O3. The number of hydrogen-bond acceptors (Lipinski definition) is 4. The minimum atomic E-state index is -0.285. The van der Waals surface area contributed by atoms with E-state index < -0.39 is 0 Å². The zero-order valence-corrected chi connectivity index (χ0v) is 15.7. The van der Waals surface area contributed by atoms with Gasteiger partial charge >= 0.3 is 0 Å². The van der Waals surface area contributed by atoms with Crippen LogP contribution in [0.25, 0.3) is 0 Å². The number of likely N-dealkylation sites (N-methyl/N-ethyl adjacent to an activating group) is 1. The van der Waals surface area contributed by atoms with Crippen LogP contribution in [0.3, 0.4) is 0 Å². The number of likely N-dealkylation sites (tertiary alicyclic amines) is 1. The molecule has 0 aromatic heterocycles. The third-order valence-corrected chi connectivity index (χ3v) is 6.20. The maximum atomic E-state index is 12.9. The van der Waals surface area contributed by atoms with Crippen molar-refractivity contribution in [2.24, 2.45) is 11.7 Å². The molecule has 0 aliphatic carbocycles. The monoisotopic (exact) mass is 370 g/mol. The van der Waals surface area contributed by atoms with Gasteiger partial charge < -0.3 is 20.4 Å². The molecule has 1 aromatic rings. The van der Waals surface area contributed by atoms with Gasteiger partial charge in [-0.2, -0.15) is 0 Å². The zero-order chi connectivity index (χ0) is 19.1. The molecule has 3 amide bonds. The topological polar surface area (TPSA) is 87.0 Å². The van der Waals surface area contributed by atoms with Crippen LogP contribution in [0.5, 0.6) is 0 Å². The fourth-order valence-corrected chi connectivity index (χ4v) is 4.54. The SMILES string of the molecule is CN1C(=O)C2CCCCN2c2ccc(C(=O)N3CCC(C(N)=O)CC3)cc21. The van der Waals surface area contributed by atoms with E-state index in [1.807, 2.05) is 18.2 Å². The highest BCUT2D eigenvalue weighted by molar-refractivity contribution is 6.07. The molecule has 1 aromatic carbocycles. The first kappa shape index (κ1) is 17.8. The first-order valence-corrected chi connectivity index (χ1v) is 9.74. The highest BCUT2D eigenvalue weighted by Crippen LogP contribution is 2.39. The number of amides is 3. The summed E-state index contributed by atoms with van der Waals surface area (Å²) in [6, 6.07) is 5.59. The Hall–Kier alpha value is -2.57. The van der Waals surface area contributed by atoms with Gasteiger partial charge in [-0.05, 0) is 50.3 Å². The van der Waals surface area contributed by atoms with Crippen LogP contribution in [0.15, 0.2) is 18.2 Å². The third-order valence-electron chi connectivity index (χ3n) is 6.20. The molecule has 144 valence electrons. The Morgan fingerprint density at radius 2 is 1.78 bits per heavy atom. The average molecular weight is 370 g/mol. The van der Waals surface area contributed by atoms with Crippen molar-refractivity contribution in [3.63, 3.8) is 0 Å². The molecule has 3 aliphatic heterocycles. The molecule has 1 atom stereocenters. The Bertz CT molecular complexity index is 785. The minimum Gasteiger partial charge on any atom is -0.369 e. The van der Waals surface area contributed by atoms with Gasteiger partial charge in [0.1, 0.15) is 6.04 Å². The van der Waals surface area contributed by atoms with Crippen LogP contribution in [-0.2, 0) is 9.59 Å². The zero-order valence-electron chi connectivity index (χ0n) is 15.7. The Balaban J connectivity index is 1.57. The van der Waals surface area contributed by atoms with E-state index in [1.54, 1.807) is 16.8 Å². The number of nitrogens with zero attached hydrogens (tertiary/aromatic N) is 3. The lowest BCUT2D eigenvalue weighted by molar-refractivity contribution is -0.123. The van der Waals surface area contributed by atoms with E-state index in [1.165, 1.54) is 0 Å². The lowest BCUT2D eigenvalue weighted by Gasteiger charge is -2.44. The van der Waals surface area contributed by atoms with Gasteiger partial charge in [0, 0.05) is 38.2 Å². The normalized spacial score (nSPS) is 23.1. The predicted molar refractivity (Wildman–Crippen MR) is 103 cm³/mol. The summed E-state index contributed by atoms with van der Waals surface area (Å²) in [6.07, 6.45) is 4.27. The Kier molecular flexibility index (Phi) is 4.53. The molecule has 1 unspecified atom stereocenters. The molecule has 0 spiro atoms. The van der Waals surface area contributed by atoms with E-state index in [-0.39, 0.29) is 29.7 Å². The third kappa shape index (κ3) is 3.05. The van der Waals surface area contributed by atoms with E-state index >= 15 is 0 Å². The summed E-state index contributed by atoms with van der Waals surface area (Å²) in [5.41, 5.74) is 7.79. The van der Waals surface area contributed by atoms with Crippen molar-refractivity contribution >= 4 is 29.1 Å². The summed E-state index contributed by atoms with van der Waals surface area (Å²) in [6.45, 7) is 1.95. The molecule has 2 saturated heterocycles. The lowest BCUT2D eigenvalue weighted by Crippen LogP contribution is -2.54. The van der Waals surface area contributed by atoms with Crippen molar-refractivity contribution < 1.29 is 14.4 Å². The smallest absolute Gasteiger partial charge is 0.253 e. The fraction of sp³-hybridized carbons (Fsp3) is 0.550. The first-order chi connectivity index (χ1) is 13.0.